The number of fused-ring (bicyclic) bond motifs is 1. The van der Waals surface area contributed by atoms with Crippen molar-refractivity contribution in [3.63, 3.8) is 0 Å². The Labute approximate surface area is 162 Å². The van der Waals surface area contributed by atoms with Crippen molar-refractivity contribution in [1.29, 1.82) is 0 Å². The highest BCUT2D eigenvalue weighted by Crippen LogP contribution is 2.33. The van der Waals surface area contributed by atoms with Crippen molar-refractivity contribution >= 4 is 28.3 Å². The second kappa shape index (κ2) is 7.86. The van der Waals surface area contributed by atoms with E-state index in [1.54, 1.807) is 30.3 Å². The molecule has 0 saturated carbocycles. The van der Waals surface area contributed by atoms with E-state index in [2.05, 4.69) is 5.32 Å². The number of nitrogens with one attached hydrogen (secondary N) is 1. The summed E-state index contributed by atoms with van der Waals surface area (Å²) in [5.74, 6) is 0.235. The fourth-order valence-electron chi connectivity index (χ4n) is 3.32. The van der Waals surface area contributed by atoms with E-state index in [9.17, 15) is 9.59 Å². The molecule has 1 unspecified atom stereocenters. The number of furan rings is 1. The number of rotatable bonds is 6. The van der Waals surface area contributed by atoms with Crippen molar-refractivity contribution < 1.29 is 23.5 Å². The van der Waals surface area contributed by atoms with Crippen LogP contribution in [0.25, 0.3) is 11.0 Å². The highest BCUT2D eigenvalue weighted by atomic mass is 16.5. The van der Waals surface area contributed by atoms with E-state index in [1.807, 2.05) is 25.1 Å². The maximum absolute atomic E-state index is 13.1. The van der Waals surface area contributed by atoms with Gasteiger partial charge in [0.25, 0.3) is 5.91 Å². The van der Waals surface area contributed by atoms with Crippen molar-refractivity contribution in [3.05, 3.63) is 59.9 Å². The Morgan fingerprint density at radius 3 is 2.64 bits per heavy atom. The second-order valence-corrected chi connectivity index (χ2v) is 6.58. The monoisotopic (exact) mass is 379 g/mol. The van der Waals surface area contributed by atoms with Gasteiger partial charge in [-0.3, -0.25) is 9.59 Å². The Morgan fingerprint density at radius 2 is 1.93 bits per heavy atom. The molecule has 1 aromatic heterocycles. The molecule has 28 heavy (non-hydrogen) atoms. The van der Waals surface area contributed by atoms with Gasteiger partial charge in [-0.1, -0.05) is 12.1 Å². The number of hydrogen-bond acceptors (Lipinski definition) is 5. The van der Waals surface area contributed by atoms with E-state index in [0.29, 0.717) is 47.6 Å². The Morgan fingerprint density at radius 1 is 1.14 bits per heavy atom. The molecule has 1 saturated heterocycles. The van der Waals surface area contributed by atoms with Gasteiger partial charge in [0.2, 0.25) is 5.78 Å². The largest absolute Gasteiger partial charge is 0.494 e. The van der Waals surface area contributed by atoms with Crippen molar-refractivity contribution in [2.45, 2.75) is 25.9 Å². The Bertz CT molecular complexity index is 999. The molecule has 3 aromatic rings. The molecule has 2 aromatic carbocycles. The number of carbonyl (C=O) groups excluding carboxylic acids is 2. The van der Waals surface area contributed by atoms with E-state index in [1.165, 1.54) is 0 Å². The molecule has 1 amide bonds. The van der Waals surface area contributed by atoms with Crippen molar-refractivity contribution in [1.82, 2.24) is 0 Å². The zero-order chi connectivity index (χ0) is 19.5. The quantitative estimate of drug-likeness (QED) is 0.650. The van der Waals surface area contributed by atoms with Crippen LogP contribution >= 0.6 is 0 Å². The number of carbonyl (C=O) groups is 2. The Hall–Kier alpha value is -3.12. The molecule has 0 aliphatic carbocycles. The van der Waals surface area contributed by atoms with Gasteiger partial charge in [-0.05, 0) is 56.2 Å². The lowest BCUT2D eigenvalue weighted by Gasteiger charge is -2.10. The van der Waals surface area contributed by atoms with E-state index in [0.717, 1.165) is 6.42 Å². The van der Waals surface area contributed by atoms with Crippen LogP contribution in [0.2, 0.25) is 0 Å². The van der Waals surface area contributed by atoms with E-state index in [-0.39, 0.29) is 17.5 Å². The molecule has 6 nitrogen and oxygen atoms in total. The summed E-state index contributed by atoms with van der Waals surface area (Å²) in [6, 6.07) is 14.1. The number of anilines is 1. The van der Waals surface area contributed by atoms with E-state index < -0.39 is 6.10 Å². The Balaban J connectivity index is 1.69. The standard InChI is InChI=1S/C22H21NO5/c1-2-26-15-11-9-14(10-12-15)20(24)21-19(16-6-3-4-7-17(16)28-21)23-22(25)18-8-5-13-27-18/h3-4,6-7,9-12,18H,2,5,8,13H2,1H3,(H,23,25). The lowest BCUT2D eigenvalue weighted by Crippen LogP contribution is -2.27. The van der Waals surface area contributed by atoms with Gasteiger partial charge >= 0.3 is 0 Å². The van der Waals surface area contributed by atoms with Crippen molar-refractivity contribution in [3.8, 4) is 5.75 Å². The molecule has 0 spiro atoms. The molecule has 0 bridgehead atoms. The fourth-order valence-corrected chi connectivity index (χ4v) is 3.32. The molecule has 4 rings (SSSR count). The van der Waals surface area contributed by atoms with Gasteiger partial charge < -0.3 is 19.2 Å². The van der Waals surface area contributed by atoms with Gasteiger partial charge in [-0.25, -0.2) is 0 Å². The minimum atomic E-state index is -0.498. The molecule has 1 fully saturated rings. The molecule has 1 atom stereocenters. The normalized spacial score (nSPS) is 16.2. The van der Waals surface area contributed by atoms with Gasteiger partial charge in [0.05, 0.1) is 12.3 Å². The summed E-state index contributed by atoms with van der Waals surface area (Å²) in [6.45, 7) is 3.02. The molecular formula is C22H21NO5. The zero-order valence-corrected chi connectivity index (χ0v) is 15.6. The number of hydrogen-bond donors (Lipinski definition) is 1. The zero-order valence-electron chi connectivity index (χ0n) is 15.6. The number of para-hydroxylation sites is 1. The molecule has 6 heteroatoms. The lowest BCUT2D eigenvalue weighted by molar-refractivity contribution is -0.124. The highest BCUT2D eigenvalue weighted by Gasteiger charge is 2.28. The topological polar surface area (TPSA) is 77.8 Å². The van der Waals surface area contributed by atoms with Crippen LogP contribution < -0.4 is 10.1 Å². The maximum atomic E-state index is 13.1. The first-order valence-electron chi connectivity index (χ1n) is 9.39. The minimum absolute atomic E-state index is 0.108. The number of benzene rings is 2. The molecular weight excluding hydrogens is 358 g/mol. The van der Waals surface area contributed by atoms with Gasteiger partial charge in [-0.2, -0.15) is 0 Å². The van der Waals surface area contributed by atoms with Crippen LogP contribution in [0.1, 0.15) is 35.9 Å². The van der Waals surface area contributed by atoms with Gasteiger partial charge in [0.15, 0.2) is 5.76 Å². The SMILES string of the molecule is CCOc1ccc(C(=O)c2oc3ccccc3c2NC(=O)C2CCCO2)cc1. The van der Waals surface area contributed by atoms with Crippen LogP contribution in [0, 0.1) is 0 Å². The predicted molar refractivity (Wildman–Crippen MR) is 105 cm³/mol. The van der Waals surface area contributed by atoms with Gasteiger partial charge in [0.1, 0.15) is 17.4 Å². The van der Waals surface area contributed by atoms with Crippen LogP contribution in [-0.4, -0.2) is 31.0 Å². The van der Waals surface area contributed by atoms with Crippen molar-refractivity contribution in [2.24, 2.45) is 0 Å². The first-order chi connectivity index (χ1) is 13.7. The third-order valence-electron chi connectivity index (χ3n) is 4.70. The van der Waals surface area contributed by atoms with E-state index >= 15 is 0 Å². The molecule has 1 aliphatic rings. The molecule has 144 valence electrons. The van der Waals surface area contributed by atoms with Gasteiger partial charge in [-0.15, -0.1) is 0 Å². The van der Waals surface area contributed by atoms with Crippen LogP contribution in [0.3, 0.4) is 0 Å². The summed E-state index contributed by atoms with van der Waals surface area (Å²) in [4.78, 5) is 25.7. The highest BCUT2D eigenvalue weighted by molar-refractivity contribution is 6.17. The number of ketones is 1. The van der Waals surface area contributed by atoms with Crippen LogP contribution in [0.4, 0.5) is 5.69 Å². The summed E-state index contributed by atoms with van der Waals surface area (Å²) >= 11 is 0. The van der Waals surface area contributed by atoms with Crippen LogP contribution in [-0.2, 0) is 9.53 Å². The van der Waals surface area contributed by atoms with Crippen LogP contribution in [0.5, 0.6) is 5.75 Å². The van der Waals surface area contributed by atoms with Crippen LogP contribution in [0.15, 0.2) is 52.9 Å². The third-order valence-corrected chi connectivity index (χ3v) is 4.70. The molecule has 1 N–H and O–H groups in total. The molecule has 2 heterocycles. The minimum Gasteiger partial charge on any atom is -0.494 e. The fraction of sp³-hybridized carbons (Fsp3) is 0.273. The van der Waals surface area contributed by atoms with Gasteiger partial charge in [0, 0.05) is 17.6 Å². The van der Waals surface area contributed by atoms with Crippen molar-refractivity contribution in [2.75, 3.05) is 18.5 Å². The summed E-state index contributed by atoms with van der Waals surface area (Å²) in [5, 5.41) is 3.54. The summed E-state index contributed by atoms with van der Waals surface area (Å²) in [6.07, 6.45) is 1.02. The summed E-state index contributed by atoms with van der Waals surface area (Å²) < 4.78 is 16.7. The number of ether oxygens (including phenoxy) is 2. The average molecular weight is 379 g/mol. The summed E-state index contributed by atoms with van der Waals surface area (Å²) in [7, 11) is 0. The first-order valence-corrected chi connectivity index (χ1v) is 9.39. The second-order valence-electron chi connectivity index (χ2n) is 6.58. The van der Waals surface area contributed by atoms with E-state index in [4.69, 9.17) is 13.9 Å². The molecule has 1 aliphatic heterocycles. The maximum Gasteiger partial charge on any atom is 0.253 e. The third kappa shape index (κ3) is 3.51. The number of amides is 1. The molecule has 0 radical (unpaired) electrons. The Kier molecular flexibility index (Phi) is 5.12. The smallest absolute Gasteiger partial charge is 0.253 e. The summed E-state index contributed by atoms with van der Waals surface area (Å²) in [5.41, 5.74) is 1.38. The average Bonchev–Trinajstić information content (AvgIpc) is 3.37. The first kappa shape index (κ1) is 18.3. The lowest BCUT2D eigenvalue weighted by atomic mass is 10.1. The predicted octanol–water partition coefficient (Wildman–Crippen LogP) is 4.18.